The molecule has 2 saturated heterocycles. The first-order chi connectivity index (χ1) is 26.4. The Morgan fingerprint density at radius 2 is 1.69 bits per heavy atom. The smallest absolute Gasteiger partial charge is 0.408 e. The number of carboxylic acids is 1. The summed E-state index contributed by atoms with van der Waals surface area (Å²) in [5.41, 5.74) is 7.24. The fourth-order valence-electron chi connectivity index (χ4n) is 8.26. The third kappa shape index (κ3) is 8.19. The molecule has 13 nitrogen and oxygen atoms in total. The van der Waals surface area contributed by atoms with Crippen molar-refractivity contribution < 1.29 is 33.8 Å². The molecule has 0 radical (unpaired) electrons. The number of fused-ring (bicyclic) bond motifs is 3. The fraction of sp³-hybridized carbons (Fsp3) is 0.476. The van der Waals surface area contributed by atoms with E-state index in [0.29, 0.717) is 12.8 Å². The Bertz CT molecular complexity index is 1940. The number of amides is 3. The van der Waals surface area contributed by atoms with Crippen LogP contribution in [0.1, 0.15) is 88.9 Å². The summed E-state index contributed by atoms with van der Waals surface area (Å²) < 4.78 is 11.0. The number of ether oxygens (including phenoxy) is 2. The fourth-order valence-corrected chi connectivity index (χ4v) is 8.26. The Hall–Kier alpha value is -4.98. The van der Waals surface area contributed by atoms with E-state index >= 15 is 0 Å². The third-order valence-corrected chi connectivity index (χ3v) is 11.2. The lowest BCUT2D eigenvalue weighted by Gasteiger charge is -2.30. The van der Waals surface area contributed by atoms with Gasteiger partial charge in [0.2, 0.25) is 11.8 Å². The van der Waals surface area contributed by atoms with Crippen molar-refractivity contribution in [3.63, 3.8) is 0 Å². The second-order valence-electron chi connectivity index (χ2n) is 16.2. The van der Waals surface area contributed by atoms with Gasteiger partial charge in [0.1, 0.15) is 29.0 Å². The summed E-state index contributed by atoms with van der Waals surface area (Å²) in [5.74, 6) is -1.64. The molecule has 3 fully saturated rings. The van der Waals surface area contributed by atoms with Crippen LogP contribution in [0.2, 0.25) is 0 Å². The Kier molecular flexibility index (Phi) is 10.9. The predicted molar refractivity (Wildman–Crippen MR) is 206 cm³/mol. The predicted octanol–water partition coefficient (Wildman–Crippen LogP) is 5.30. The highest BCUT2D eigenvalue weighted by molar-refractivity contribution is 5.96. The second-order valence-corrected chi connectivity index (χ2v) is 16.2. The maximum absolute atomic E-state index is 14.6. The molecule has 5 N–H and O–H groups in total. The van der Waals surface area contributed by atoms with Crippen LogP contribution >= 0.6 is 0 Å². The van der Waals surface area contributed by atoms with Gasteiger partial charge in [0.05, 0.1) is 25.2 Å². The quantitative estimate of drug-likeness (QED) is 0.209. The van der Waals surface area contributed by atoms with Gasteiger partial charge in [-0.3, -0.25) is 9.59 Å². The van der Waals surface area contributed by atoms with Gasteiger partial charge in [-0.05, 0) is 86.9 Å². The van der Waals surface area contributed by atoms with Gasteiger partial charge in [-0.25, -0.2) is 20.4 Å². The molecule has 3 aromatic carbocycles. The van der Waals surface area contributed by atoms with Gasteiger partial charge in [-0.1, -0.05) is 79.6 Å². The van der Waals surface area contributed by atoms with Gasteiger partial charge >= 0.3 is 12.1 Å². The SMILES string of the molecule is COc1ccc(C2NN([C@H]3C[C@H]4C(=O)N[C@]5(C(=O)O)C[C@H]5/C=C\CCCCC[C@H](NC(=O)OC(C)(C)C)C(=O)N4C3)NC2c2cccc3ccccc23)cc1. The Balaban J connectivity index is 1.22. The normalized spacial score (nSPS) is 29.6. The van der Waals surface area contributed by atoms with Crippen LogP contribution in [0.5, 0.6) is 5.75 Å². The van der Waals surface area contributed by atoms with Gasteiger partial charge < -0.3 is 30.1 Å². The van der Waals surface area contributed by atoms with Crippen LogP contribution < -0.4 is 26.2 Å². The molecule has 3 aromatic rings. The van der Waals surface area contributed by atoms with E-state index in [9.17, 15) is 24.3 Å². The van der Waals surface area contributed by atoms with Crippen LogP contribution in [0.4, 0.5) is 4.79 Å². The van der Waals surface area contributed by atoms with Gasteiger partial charge in [0, 0.05) is 12.5 Å². The summed E-state index contributed by atoms with van der Waals surface area (Å²) in [4.78, 5) is 56.1. The number of nitrogens with zero attached hydrogens (tertiary/aromatic N) is 2. The highest BCUT2D eigenvalue weighted by atomic mass is 16.6. The number of hydrazine groups is 2. The van der Waals surface area contributed by atoms with E-state index in [0.717, 1.165) is 46.9 Å². The number of alkyl carbamates (subject to hydrolysis) is 1. The van der Waals surface area contributed by atoms with Crippen molar-refractivity contribution >= 4 is 34.6 Å². The molecule has 3 heterocycles. The number of allylic oxidation sites excluding steroid dienone is 1. The minimum absolute atomic E-state index is 0.143. The summed E-state index contributed by atoms with van der Waals surface area (Å²) in [5, 5.41) is 20.1. The van der Waals surface area contributed by atoms with E-state index in [1.54, 1.807) is 27.9 Å². The van der Waals surface area contributed by atoms with E-state index in [1.807, 2.05) is 59.7 Å². The van der Waals surface area contributed by atoms with Crippen molar-refractivity contribution in [3.8, 4) is 5.75 Å². The molecule has 1 saturated carbocycles. The number of rotatable bonds is 6. The van der Waals surface area contributed by atoms with E-state index in [4.69, 9.17) is 9.47 Å². The molecule has 2 unspecified atom stereocenters. The zero-order valence-electron chi connectivity index (χ0n) is 31.9. The van der Waals surface area contributed by atoms with Crippen LogP contribution in [-0.4, -0.2) is 81.9 Å². The van der Waals surface area contributed by atoms with Crippen molar-refractivity contribution in [3.05, 3.63) is 90.0 Å². The first kappa shape index (κ1) is 38.3. The Labute approximate surface area is 321 Å². The number of nitrogens with one attached hydrogen (secondary N) is 4. The number of carbonyl (C=O) groups excluding carboxylic acids is 3. The molecular weight excluding hydrogens is 700 g/mol. The largest absolute Gasteiger partial charge is 0.497 e. The highest BCUT2D eigenvalue weighted by Gasteiger charge is 2.61. The second kappa shape index (κ2) is 15.6. The average Bonchev–Trinajstić information content (AvgIpc) is 3.45. The molecule has 7 rings (SSSR count). The van der Waals surface area contributed by atoms with Crippen molar-refractivity contribution in [2.45, 2.75) is 107 Å². The lowest BCUT2D eigenvalue weighted by Crippen LogP contribution is -2.56. The van der Waals surface area contributed by atoms with E-state index < -0.39 is 53.1 Å². The zero-order chi connectivity index (χ0) is 38.9. The van der Waals surface area contributed by atoms with Crippen molar-refractivity contribution in [2.75, 3.05) is 13.7 Å². The van der Waals surface area contributed by atoms with E-state index in [-0.39, 0.29) is 37.4 Å². The summed E-state index contributed by atoms with van der Waals surface area (Å²) in [7, 11) is 1.63. The summed E-state index contributed by atoms with van der Waals surface area (Å²) in [6.45, 7) is 5.42. The third-order valence-electron chi connectivity index (χ3n) is 11.2. The van der Waals surface area contributed by atoms with Gasteiger partial charge in [0.25, 0.3) is 0 Å². The van der Waals surface area contributed by atoms with Gasteiger partial charge in [-0.15, -0.1) is 0 Å². The standard InChI is InChI=1S/C42H52N6O7/c1-41(2,3)55-40(53)43-33-18-9-7-5-6-8-15-28-24-42(28,39(51)52)44-37(49)34-23-29(25-47(34)38(33)50)48-45-35(27-19-21-30(54-4)22-20-27)36(46-48)32-17-12-14-26-13-10-11-16-31(26)32/h8,10-17,19-22,28-29,33-36,45-46H,5-7,9,18,23-25H2,1-4H3,(H,43,53)(H,44,49)(H,51,52)/b15-8-/t28-,29+,33+,34+,35?,36?,42-/m1/s1. The molecule has 0 aromatic heterocycles. The molecular formula is C42H52N6O7. The summed E-state index contributed by atoms with van der Waals surface area (Å²) >= 11 is 0. The monoisotopic (exact) mass is 752 g/mol. The Morgan fingerprint density at radius 1 is 0.945 bits per heavy atom. The highest BCUT2D eigenvalue weighted by Crippen LogP contribution is 2.46. The van der Waals surface area contributed by atoms with Crippen LogP contribution in [0.25, 0.3) is 10.8 Å². The molecule has 292 valence electrons. The zero-order valence-corrected chi connectivity index (χ0v) is 31.9. The van der Waals surface area contributed by atoms with Crippen molar-refractivity contribution in [1.29, 1.82) is 0 Å². The maximum atomic E-state index is 14.6. The molecule has 55 heavy (non-hydrogen) atoms. The number of benzene rings is 3. The number of hydrogen-bond donors (Lipinski definition) is 5. The van der Waals surface area contributed by atoms with Crippen LogP contribution in [0, 0.1) is 5.92 Å². The molecule has 7 atom stereocenters. The molecule has 3 amide bonds. The topological polar surface area (TPSA) is 162 Å². The molecule has 1 aliphatic carbocycles. The number of carbonyl (C=O) groups is 4. The van der Waals surface area contributed by atoms with E-state index in [2.05, 4.69) is 45.8 Å². The molecule has 13 heteroatoms. The molecule has 0 bridgehead atoms. The summed E-state index contributed by atoms with van der Waals surface area (Å²) in [6, 6.07) is 19.5. The van der Waals surface area contributed by atoms with Crippen LogP contribution in [0.3, 0.4) is 0 Å². The maximum Gasteiger partial charge on any atom is 0.408 e. The minimum atomic E-state index is -1.43. The number of carboxylic acid groups (broad SMARTS) is 1. The first-order valence-corrected chi connectivity index (χ1v) is 19.3. The molecule has 3 aliphatic heterocycles. The van der Waals surface area contributed by atoms with E-state index in [1.165, 1.54) is 4.90 Å². The van der Waals surface area contributed by atoms with Crippen molar-refractivity contribution in [1.82, 2.24) is 31.5 Å². The lowest BCUT2D eigenvalue weighted by molar-refractivity contribution is -0.145. The molecule has 0 spiro atoms. The summed E-state index contributed by atoms with van der Waals surface area (Å²) in [6.07, 6.45) is 7.10. The average molecular weight is 753 g/mol. The number of hydrogen-bond acceptors (Lipinski definition) is 9. The number of methoxy groups -OCH3 is 1. The Morgan fingerprint density at radius 3 is 2.44 bits per heavy atom. The van der Waals surface area contributed by atoms with Gasteiger partial charge in [0.15, 0.2) is 0 Å². The number of aliphatic carboxylic acids is 1. The first-order valence-electron chi connectivity index (χ1n) is 19.3. The van der Waals surface area contributed by atoms with Crippen LogP contribution in [0.15, 0.2) is 78.9 Å². The molecule has 4 aliphatic rings. The van der Waals surface area contributed by atoms with Gasteiger partial charge in [-0.2, -0.15) is 5.12 Å². The van der Waals surface area contributed by atoms with Crippen molar-refractivity contribution in [2.24, 2.45) is 5.92 Å². The van der Waals surface area contributed by atoms with Crippen LogP contribution in [-0.2, 0) is 19.1 Å². The minimum Gasteiger partial charge on any atom is -0.497 e. The lowest BCUT2D eigenvalue weighted by atomic mass is 9.91.